The Labute approximate surface area is 101 Å². The standard InChI is InChI=1S/C12H17N3O2/c1-8(12(17)15(3)4)14-11-6-5-10(7-13-11)9(2)16/h5-8H,1-4H3,(H,13,14)/t8-/m0/s1. The second-order valence-corrected chi connectivity index (χ2v) is 4.09. The molecule has 0 radical (unpaired) electrons. The molecular formula is C12H17N3O2. The minimum Gasteiger partial charge on any atom is -0.359 e. The molecule has 1 atom stereocenters. The van der Waals surface area contributed by atoms with E-state index in [0.29, 0.717) is 11.4 Å². The van der Waals surface area contributed by atoms with Crippen molar-refractivity contribution in [3.8, 4) is 0 Å². The number of carbonyl (C=O) groups excluding carboxylic acids is 2. The number of rotatable bonds is 4. The summed E-state index contributed by atoms with van der Waals surface area (Å²) in [5.41, 5.74) is 0.558. The molecule has 17 heavy (non-hydrogen) atoms. The molecule has 0 aliphatic heterocycles. The van der Waals surface area contributed by atoms with E-state index in [-0.39, 0.29) is 17.7 Å². The topological polar surface area (TPSA) is 62.3 Å². The molecule has 1 rings (SSSR count). The minimum absolute atomic E-state index is 0.0255. The third-order valence-corrected chi connectivity index (χ3v) is 2.35. The number of ketones is 1. The van der Waals surface area contributed by atoms with Gasteiger partial charge in [-0.1, -0.05) is 0 Å². The zero-order valence-corrected chi connectivity index (χ0v) is 10.5. The number of hydrogen-bond acceptors (Lipinski definition) is 4. The number of Topliss-reactive ketones (excluding diaryl/α,β-unsaturated/α-hetero) is 1. The number of nitrogens with zero attached hydrogens (tertiary/aromatic N) is 2. The van der Waals surface area contributed by atoms with Crippen LogP contribution in [0.4, 0.5) is 5.82 Å². The van der Waals surface area contributed by atoms with E-state index in [4.69, 9.17) is 0 Å². The van der Waals surface area contributed by atoms with E-state index in [1.807, 2.05) is 0 Å². The number of anilines is 1. The molecule has 1 aromatic heterocycles. The Morgan fingerprint density at radius 3 is 2.41 bits per heavy atom. The van der Waals surface area contributed by atoms with Gasteiger partial charge < -0.3 is 10.2 Å². The molecule has 5 nitrogen and oxygen atoms in total. The van der Waals surface area contributed by atoms with Gasteiger partial charge in [-0.3, -0.25) is 9.59 Å². The molecule has 92 valence electrons. The number of likely N-dealkylation sites (N-methyl/N-ethyl adjacent to an activating group) is 1. The summed E-state index contributed by atoms with van der Waals surface area (Å²) in [6, 6.07) is 3.03. The van der Waals surface area contributed by atoms with Crippen LogP contribution in [0.15, 0.2) is 18.3 Å². The van der Waals surface area contributed by atoms with Crippen LogP contribution in [0.5, 0.6) is 0 Å². The van der Waals surface area contributed by atoms with Crippen LogP contribution in [0.3, 0.4) is 0 Å². The van der Waals surface area contributed by atoms with Gasteiger partial charge in [-0.2, -0.15) is 0 Å². The number of pyridine rings is 1. The van der Waals surface area contributed by atoms with Crippen molar-refractivity contribution in [2.75, 3.05) is 19.4 Å². The van der Waals surface area contributed by atoms with Crippen LogP contribution in [-0.4, -0.2) is 41.7 Å². The Hall–Kier alpha value is -1.91. The minimum atomic E-state index is -0.347. The van der Waals surface area contributed by atoms with Crippen LogP contribution in [0.1, 0.15) is 24.2 Å². The fourth-order valence-corrected chi connectivity index (χ4v) is 1.36. The molecule has 5 heteroatoms. The Bertz CT molecular complexity index is 412. The van der Waals surface area contributed by atoms with Crippen molar-refractivity contribution in [2.45, 2.75) is 19.9 Å². The van der Waals surface area contributed by atoms with Gasteiger partial charge in [0.05, 0.1) is 0 Å². The fraction of sp³-hybridized carbons (Fsp3) is 0.417. The van der Waals surface area contributed by atoms with Gasteiger partial charge in [-0.25, -0.2) is 4.98 Å². The Morgan fingerprint density at radius 2 is 2.00 bits per heavy atom. The summed E-state index contributed by atoms with van der Waals surface area (Å²) in [6.45, 7) is 3.26. The Morgan fingerprint density at radius 1 is 1.35 bits per heavy atom. The first kappa shape index (κ1) is 13.2. The van der Waals surface area contributed by atoms with E-state index in [1.54, 1.807) is 33.2 Å². The van der Waals surface area contributed by atoms with Crippen molar-refractivity contribution < 1.29 is 9.59 Å². The lowest BCUT2D eigenvalue weighted by molar-refractivity contribution is -0.129. The molecule has 1 N–H and O–H groups in total. The molecule has 0 bridgehead atoms. The van der Waals surface area contributed by atoms with E-state index >= 15 is 0 Å². The van der Waals surface area contributed by atoms with E-state index in [0.717, 1.165) is 0 Å². The van der Waals surface area contributed by atoms with Crippen molar-refractivity contribution in [1.29, 1.82) is 0 Å². The smallest absolute Gasteiger partial charge is 0.244 e. The van der Waals surface area contributed by atoms with Gasteiger partial charge in [0.15, 0.2) is 5.78 Å². The molecule has 1 amide bonds. The van der Waals surface area contributed by atoms with Gasteiger partial charge in [0.2, 0.25) is 5.91 Å². The average molecular weight is 235 g/mol. The van der Waals surface area contributed by atoms with E-state index in [9.17, 15) is 9.59 Å². The zero-order chi connectivity index (χ0) is 13.0. The quantitative estimate of drug-likeness (QED) is 0.796. The maximum Gasteiger partial charge on any atom is 0.244 e. The second-order valence-electron chi connectivity index (χ2n) is 4.09. The van der Waals surface area contributed by atoms with Gasteiger partial charge in [-0.15, -0.1) is 0 Å². The predicted octanol–water partition coefficient (Wildman–Crippen LogP) is 1.17. The van der Waals surface area contributed by atoms with Gasteiger partial charge in [0.25, 0.3) is 0 Å². The van der Waals surface area contributed by atoms with Gasteiger partial charge in [0.1, 0.15) is 11.9 Å². The predicted molar refractivity (Wildman–Crippen MR) is 66.0 cm³/mol. The largest absolute Gasteiger partial charge is 0.359 e. The van der Waals surface area contributed by atoms with E-state index in [1.165, 1.54) is 18.0 Å². The summed E-state index contributed by atoms with van der Waals surface area (Å²) in [5.74, 6) is 0.529. The Balaban J connectivity index is 2.69. The van der Waals surface area contributed by atoms with Crippen molar-refractivity contribution in [3.05, 3.63) is 23.9 Å². The first-order valence-electron chi connectivity index (χ1n) is 5.36. The molecule has 0 unspecified atom stereocenters. The van der Waals surface area contributed by atoms with Gasteiger partial charge >= 0.3 is 0 Å². The maximum absolute atomic E-state index is 11.6. The third kappa shape index (κ3) is 3.55. The summed E-state index contributed by atoms with van der Waals surface area (Å²) in [6.07, 6.45) is 1.50. The van der Waals surface area contributed by atoms with Crippen LogP contribution >= 0.6 is 0 Å². The molecule has 0 spiro atoms. The lowest BCUT2D eigenvalue weighted by Gasteiger charge is -2.18. The molecule has 1 heterocycles. The van der Waals surface area contributed by atoms with Gasteiger partial charge in [0, 0.05) is 25.9 Å². The number of aromatic nitrogens is 1. The highest BCUT2D eigenvalue weighted by Crippen LogP contribution is 2.07. The van der Waals surface area contributed by atoms with Crippen molar-refractivity contribution >= 4 is 17.5 Å². The third-order valence-electron chi connectivity index (χ3n) is 2.35. The van der Waals surface area contributed by atoms with E-state index in [2.05, 4.69) is 10.3 Å². The molecule has 0 aromatic carbocycles. The summed E-state index contributed by atoms with van der Waals surface area (Å²) in [5, 5.41) is 2.98. The molecule has 0 saturated carbocycles. The summed E-state index contributed by atoms with van der Waals surface area (Å²) in [4.78, 5) is 28.3. The highest BCUT2D eigenvalue weighted by Gasteiger charge is 2.14. The van der Waals surface area contributed by atoms with Crippen molar-refractivity contribution in [2.24, 2.45) is 0 Å². The number of carbonyl (C=O) groups is 2. The second kappa shape index (κ2) is 5.43. The highest BCUT2D eigenvalue weighted by molar-refractivity contribution is 5.93. The molecular weight excluding hydrogens is 218 g/mol. The summed E-state index contributed by atoms with van der Waals surface area (Å²) in [7, 11) is 3.40. The zero-order valence-electron chi connectivity index (χ0n) is 10.5. The van der Waals surface area contributed by atoms with Crippen LogP contribution in [0.25, 0.3) is 0 Å². The highest BCUT2D eigenvalue weighted by atomic mass is 16.2. The van der Waals surface area contributed by atoms with Crippen LogP contribution in [0, 0.1) is 0 Å². The molecule has 0 fully saturated rings. The fourth-order valence-electron chi connectivity index (χ4n) is 1.36. The maximum atomic E-state index is 11.6. The first-order valence-corrected chi connectivity index (χ1v) is 5.36. The molecule has 1 aromatic rings. The summed E-state index contributed by atoms with van der Waals surface area (Å²) < 4.78 is 0. The average Bonchev–Trinajstić information content (AvgIpc) is 2.28. The monoisotopic (exact) mass is 235 g/mol. The van der Waals surface area contributed by atoms with Crippen LogP contribution in [-0.2, 0) is 4.79 Å². The summed E-state index contributed by atoms with van der Waals surface area (Å²) >= 11 is 0. The number of nitrogens with one attached hydrogen (secondary N) is 1. The van der Waals surface area contributed by atoms with Gasteiger partial charge in [-0.05, 0) is 26.0 Å². The lowest BCUT2D eigenvalue weighted by atomic mass is 10.2. The van der Waals surface area contributed by atoms with Crippen LogP contribution in [0.2, 0.25) is 0 Å². The normalized spacial score (nSPS) is 11.8. The van der Waals surface area contributed by atoms with E-state index < -0.39 is 0 Å². The number of amides is 1. The Kier molecular flexibility index (Phi) is 4.20. The molecule has 0 aliphatic carbocycles. The first-order chi connectivity index (χ1) is 7.91. The molecule has 0 aliphatic rings. The van der Waals surface area contributed by atoms with Crippen molar-refractivity contribution in [3.63, 3.8) is 0 Å². The van der Waals surface area contributed by atoms with Crippen molar-refractivity contribution in [1.82, 2.24) is 9.88 Å². The SMILES string of the molecule is CC(=O)c1ccc(N[C@@H](C)C(=O)N(C)C)nc1. The molecule has 0 saturated heterocycles. The lowest BCUT2D eigenvalue weighted by Crippen LogP contribution is -2.36. The van der Waals surface area contributed by atoms with Crippen LogP contribution < -0.4 is 5.32 Å². The number of hydrogen-bond donors (Lipinski definition) is 1.